The Hall–Kier alpha value is -1.97. The van der Waals surface area contributed by atoms with E-state index in [1.807, 2.05) is 6.07 Å². The van der Waals surface area contributed by atoms with E-state index in [0.29, 0.717) is 22.7 Å². The van der Waals surface area contributed by atoms with Gasteiger partial charge in [0.2, 0.25) is 6.79 Å². The number of aliphatic hydroxyl groups excluding tert-OH is 2. The maximum Gasteiger partial charge on any atom is 0.231 e. The quantitative estimate of drug-likeness (QED) is 0.684. The fourth-order valence-corrected chi connectivity index (χ4v) is 1.47. The lowest BCUT2D eigenvalue weighted by Gasteiger charge is -2.12. The summed E-state index contributed by atoms with van der Waals surface area (Å²) in [5.74, 6) is 1.10. The van der Waals surface area contributed by atoms with E-state index in [4.69, 9.17) is 19.8 Å². The molecule has 6 heteroatoms. The maximum atomic E-state index is 9.22. The van der Waals surface area contributed by atoms with E-state index in [2.05, 4.69) is 5.32 Å². The summed E-state index contributed by atoms with van der Waals surface area (Å²) < 4.78 is 10.3. The van der Waals surface area contributed by atoms with E-state index in [1.54, 1.807) is 12.1 Å². The number of nitrogens with zero attached hydrogens (tertiary/aromatic N) is 1. The minimum atomic E-state index is -0.869. The van der Waals surface area contributed by atoms with Crippen LogP contribution in [0.15, 0.2) is 12.1 Å². The van der Waals surface area contributed by atoms with Crippen LogP contribution in [0, 0.1) is 11.3 Å². The van der Waals surface area contributed by atoms with Crippen molar-refractivity contribution < 1.29 is 19.7 Å². The molecular weight excluding hydrogens is 224 g/mol. The monoisotopic (exact) mass is 236 g/mol. The molecule has 0 saturated carbocycles. The lowest BCUT2D eigenvalue weighted by atomic mass is 10.1. The van der Waals surface area contributed by atoms with E-state index in [1.165, 1.54) is 0 Å². The maximum absolute atomic E-state index is 9.22. The highest BCUT2D eigenvalue weighted by Crippen LogP contribution is 2.36. The highest BCUT2D eigenvalue weighted by Gasteiger charge is 2.17. The number of hydrogen-bond donors (Lipinski definition) is 3. The molecule has 0 aliphatic carbocycles. The Balaban J connectivity index is 2.18. The van der Waals surface area contributed by atoms with Gasteiger partial charge in [0, 0.05) is 18.7 Å². The van der Waals surface area contributed by atoms with Gasteiger partial charge in [0.25, 0.3) is 0 Å². The summed E-state index contributed by atoms with van der Waals surface area (Å²) in [5.41, 5.74) is 0.948. The first-order valence-electron chi connectivity index (χ1n) is 5.11. The third-order valence-electron chi connectivity index (χ3n) is 2.37. The number of anilines is 1. The van der Waals surface area contributed by atoms with Gasteiger partial charge in [-0.25, -0.2) is 0 Å². The number of hydrogen-bond acceptors (Lipinski definition) is 6. The second-order valence-electron chi connectivity index (χ2n) is 3.58. The van der Waals surface area contributed by atoms with E-state index >= 15 is 0 Å². The summed E-state index contributed by atoms with van der Waals surface area (Å²) in [6.45, 7) is -0.0345. The number of rotatable bonds is 4. The predicted molar refractivity (Wildman–Crippen MR) is 58.9 cm³/mol. The zero-order valence-electron chi connectivity index (χ0n) is 9.01. The zero-order chi connectivity index (χ0) is 12.3. The van der Waals surface area contributed by atoms with Crippen molar-refractivity contribution in [3.8, 4) is 17.6 Å². The van der Waals surface area contributed by atoms with Crippen LogP contribution in [0.3, 0.4) is 0 Å². The van der Waals surface area contributed by atoms with Crippen LogP contribution in [0.5, 0.6) is 11.5 Å². The molecule has 0 radical (unpaired) electrons. The molecule has 1 unspecified atom stereocenters. The largest absolute Gasteiger partial charge is 0.454 e. The van der Waals surface area contributed by atoms with Crippen molar-refractivity contribution in [3.05, 3.63) is 17.7 Å². The molecule has 0 saturated heterocycles. The van der Waals surface area contributed by atoms with Gasteiger partial charge in [0.1, 0.15) is 6.07 Å². The van der Waals surface area contributed by atoms with Crippen LogP contribution in [0.25, 0.3) is 0 Å². The summed E-state index contributed by atoms with van der Waals surface area (Å²) >= 11 is 0. The number of nitrogens with one attached hydrogen (secondary N) is 1. The average molecular weight is 236 g/mol. The molecule has 17 heavy (non-hydrogen) atoms. The SMILES string of the molecule is N#Cc1cc2c(cc1NCC(O)CO)OCO2. The molecule has 0 bridgehead atoms. The van der Waals surface area contributed by atoms with Crippen molar-refractivity contribution in [3.63, 3.8) is 0 Å². The Morgan fingerprint density at radius 1 is 1.41 bits per heavy atom. The molecule has 1 atom stereocenters. The lowest BCUT2D eigenvalue weighted by molar-refractivity contribution is 0.105. The fraction of sp³-hybridized carbons (Fsp3) is 0.364. The molecule has 1 aromatic rings. The van der Waals surface area contributed by atoms with Crippen LogP contribution in [0.1, 0.15) is 5.56 Å². The molecular formula is C11H12N2O4. The van der Waals surface area contributed by atoms with Crippen molar-refractivity contribution in [2.24, 2.45) is 0 Å². The molecule has 0 amide bonds. The van der Waals surface area contributed by atoms with Crippen molar-refractivity contribution in [1.82, 2.24) is 0 Å². The Bertz CT molecular complexity index is 456. The number of aliphatic hydroxyl groups is 2. The topological polar surface area (TPSA) is 94.7 Å². The molecule has 6 nitrogen and oxygen atoms in total. The molecule has 0 spiro atoms. The van der Waals surface area contributed by atoms with Gasteiger partial charge in [-0.1, -0.05) is 0 Å². The van der Waals surface area contributed by atoms with Gasteiger partial charge in [0.05, 0.1) is 24.0 Å². The first-order valence-corrected chi connectivity index (χ1v) is 5.11. The minimum absolute atomic E-state index is 0.142. The highest BCUT2D eigenvalue weighted by atomic mass is 16.7. The van der Waals surface area contributed by atoms with Crippen LogP contribution in [-0.2, 0) is 0 Å². The predicted octanol–water partition coefficient (Wildman–Crippen LogP) is 0.0521. The van der Waals surface area contributed by atoms with Crippen molar-refractivity contribution in [2.45, 2.75) is 6.10 Å². The second-order valence-corrected chi connectivity index (χ2v) is 3.58. The summed E-state index contributed by atoms with van der Waals surface area (Å²) in [5, 5.41) is 29.8. The van der Waals surface area contributed by atoms with Gasteiger partial charge in [-0.15, -0.1) is 0 Å². The van der Waals surface area contributed by atoms with Crippen molar-refractivity contribution >= 4 is 5.69 Å². The van der Waals surface area contributed by atoms with Crippen LogP contribution in [0.2, 0.25) is 0 Å². The van der Waals surface area contributed by atoms with Gasteiger partial charge < -0.3 is 25.0 Å². The smallest absolute Gasteiger partial charge is 0.231 e. The van der Waals surface area contributed by atoms with Crippen LogP contribution in [0.4, 0.5) is 5.69 Å². The minimum Gasteiger partial charge on any atom is -0.454 e. The lowest BCUT2D eigenvalue weighted by Crippen LogP contribution is -2.23. The summed E-state index contributed by atoms with van der Waals surface area (Å²) in [6.07, 6.45) is -0.869. The molecule has 3 N–H and O–H groups in total. The molecule has 1 aliphatic rings. The summed E-state index contributed by atoms with van der Waals surface area (Å²) in [7, 11) is 0. The van der Waals surface area contributed by atoms with E-state index in [9.17, 15) is 5.11 Å². The van der Waals surface area contributed by atoms with Crippen LogP contribution >= 0.6 is 0 Å². The van der Waals surface area contributed by atoms with Gasteiger partial charge in [-0.3, -0.25) is 0 Å². The third-order valence-corrected chi connectivity index (χ3v) is 2.37. The van der Waals surface area contributed by atoms with Gasteiger partial charge in [0.15, 0.2) is 11.5 Å². The van der Waals surface area contributed by atoms with Crippen molar-refractivity contribution in [2.75, 3.05) is 25.3 Å². The van der Waals surface area contributed by atoms with Crippen molar-refractivity contribution in [1.29, 1.82) is 5.26 Å². The molecule has 2 rings (SSSR count). The second kappa shape index (κ2) is 4.91. The Kier molecular flexibility index (Phi) is 3.32. The van der Waals surface area contributed by atoms with E-state index in [-0.39, 0.29) is 19.9 Å². The molecule has 0 fully saturated rings. The Labute approximate surface area is 98.0 Å². The number of nitriles is 1. The molecule has 1 heterocycles. The number of ether oxygens (including phenoxy) is 2. The van der Waals surface area contributed by atoms with E-state index < -0.39 is 6.10 Å². The van der Waals surface area contributed by atoms with E-state index in [0.717, 1.165) is 0 Å². The zero-order valence-corrected chi connectivity index (χ0v) is 9.01. The van der Waals surface area contributed by atoms with Gasteiger partial charge >= 0.3 is 0 Å². The van der Waals surface area contributed by atoms with Crippen LogP contribution < -0.4 is 14.8 Å². The van der Waals surface area contributed by atoms with Crippen LogP contribution in [-0.4, -0.2) is 36.3 Å². The number of benzene rings is 1. The first-order chi connectivity index (χ1) is 8.24. The summed E-state index contributed by atoms with van der Waals surface area (Å²) in [4.78, 5) is 0. The fourth-order valence-electron chi connectivity index (χ4n) is 1.47. The molecule has 0 aromatic heterocycles. The van der Waals surface area contributed by atoms with Gasteiger partial charge in [-0.2, -0.15) is 5.26 Å². The van der Waals surface area contributed by atoms with Gasteiger partial charge in [-0.05, 0) is 0 Å². The first kappa shape index (κ1) is 11.5. The summed E-state index contributed by atoms with van der Waals surface area (Å²) in [6, 6.07) is 5.25. The normalized spacial score (nSPS) is 14.2. The highest BCUT2D eigenvalue weighted by molar-refractivity contribution is 5.65. The molecule has 1 aromatic carbocycles. The number of fused-ring (bicyclic) bond motifs is 1. The molecule has 1 aliphatic heterocycles. The third kappa shape index (κ3) is 2.41. The Morgan fingerprint density at radius 2 is 2.12 bits per heavy atom. The average Bonchev–Trinajstić information content (AvgIpc) is 2.81. The molecule has 90 valence electrons. The standard InChI is InChI=1S/C11H12N2O4/c12-3-7-1-10-11(17-6-16-10)2-9(7)13-4-8(15)5-14/h1-2,8,13-15H,4-6H2. The Morgan fingerprint density at radius 3 is 2.76 bits per heavy atom.